The molecule has 1 saturated carbocycles. The zero-order valence-corrected chi connectivity index (χ0v) is 13.5. The molecule has 2 heterocycles. The van der Waals surface area contributed by atoms with Crippen molar-refractivity contribution in [2.75, 3.05) is 6.54 Å². The number of hydrogen-bond acceptors (Lipinski definition) is 3. The fraction of sp³-hybridized carbons (Fsp3) is 0.688. The van der Waals surface area contributed by atoms with Gasteiger partial charge in [0.05, 0.1) is 11.2 Å². The van der Waals surface area contributed by atoms with Crippen molar-refractivity contribution >= 4 is 11.8 Å². The highest BCUT2D eigenvalue weighted by Crippen LogP contribution is 2.40. The van der Waals surface area contributed by atoms with E-state index < -0.39 is 6.04 Å². The minimum atomic E-state index is -0.436. The van der Waals surface area contributed by atoms with Crippen molar-refractivity contribution in [2.45, 2.75) is 64.0 Å². The van der Waals surface area contributed by atoms with E-state index in [2.05, 4.69) is 15.7 Å². The number of hydrogen-bond donors (Lipinski definition) is 2. The second-order valence-corrected chi connectivity index (χ2v) is 7.27. The van der Waals surface area contributed by atoms with E-state index in [1.165, 1.54) is 0 Å². The third-order valence-corrected chi connectivity index (χ3v) is 4.18. The molecule has 0 spiro atoms. The van der Waals surface area contributed by atoms with Crippen LogP contribution in [0.5, 0.6) is 0 Å². The zero-order chi connectivity index (χ0) is 15.9. The summed E-state index contributed by atoms with van der Waals surface area (Å²) in [4.78, 5) is 24.4. The van der Waals surface area contributed by atoms with Crippen LogP contribution in [0, 0.1) is 0 Å². The van der Waals surface area contributed by atoms with Crippen molar-refractivity contribution in [2.24, 2.45) is 0 Å². The maximum Gasteiger partial charge on any atom is 0.270 e. The van der Waals surface area contributed by atoms with Crippen molar-refractivity contribution in [3.05, 3.63) is 17.5 Å². The lowest BCUT2D eigenvalue weighted by Crippen LogP contribution is -2.50. The minimum Gasteiger partial charge on any atom is -0.354 e. The maximum atomic E-state index is 12.6. The molecule has 2 amide bonds. The molecule has 1 atom stereocenters. The van der Waals surface area contributed by atoms with Gasteiger partial charge in [-0.15, -0.1) is 0 Å². The van der Waals surface area contributed by atoms with Crippen LogP contribution in [-0.2, 0) is 10.3 Å². The average molecular weight is 304 g/mol. The van der Waals surface area contributed by atoms with Crippen LogP contribution in [0.1, 0.15) is 68.6 Å². The van der Waals surface area contributed by atoms with Crippen LogP contribution in [0.3, 0.4) is 0 Å². The lowest BCUT2D eigenvalue weighted by Gasteiger charge is -2.25. The van der Waals surface area contributed by atoms with Gasteiger partial charge in [-0.05, 0) is 52.5 Å². The molecule has 6 heteroatoms. The molecule has 2 N–H and O–H groups in total. The van der Waals surface area contributed by atoms with Crippen molar-refractivity contribution in [1.29, 1.82) is 0 Å². The molecule has 1 aliphatic heterocycles. The Balaban J connectivity index is 1.83. The van der Waals surface area contributed by atoms with Gasteiger partial charge < -0.3 is 10.6 Å². The molecular weight excluding hydrogens is 280 g/mol. The Morgan fingerprint density at radius 3 is 2.68 bits per heavy atom. The van der Waals surface area contributed by atoms with Gasteiger partial charge in [0.15, 0.2) is 0 Å². The minimum absolute atomic E-state index is 0.0937. The lowest BCUT2D eigenvalue weighted by atomic mass is 10.1. The molecule has 0 bridgehead atoms. The number of carbonyl (C=O) groups is 2. The lowest BCUT2D eigenvalue weighted by molar-refractivity contribution is -0.124. The predicted molar refractivity (Wildman–Crippen MR) is 82.7 cm³/mol. The summed E-state index contributed by atoms with van der Waals surface area (Å²) in [6.45, 7) is 6.78. The fourth-order valence-electron chi connectivity index (χ4n) is 2.79. The van der Waals surface area contributed by atoms with E-state index >= 15 is 0 Å². The van der Waals surface area contributed by atoms with E-state index in [1.54, 1.807) is 4.68 Å². The molecule has 6 nitrogen and oxygen atoms in total. The first-order valence-corrected chi connectivity index (χ1v) is 8.05. The first kappa shape index (κ1) is 15.1. The predicted octanol–water partition coefficient (Wildman–Crippen LogP) is 1.52. The summed E-state index contributed by atoms with van der Waals surface area (Å²) in [5.74, 6) is 0.188. The molecule has 3 rings (SSSR count). The molecule has 120 valence electrons. The summed E-state index contributed by atoms with van der Waals surface area (Å²) in [6.07, 6.45) is 3.87. The Kier molecular flexibility index (Phi) is 3.70. The quantitative estimate of drug-likeness (QED) is 0.889. The van der Waals surface area contributed by atoms with Crippen LogP contribution >= 0.6 is 0 Å². The second-order valence-electron chi connectivity index (χ2n) is 7.27. The van der Waals surface area contributed by atoms with Gasteiger partial charge in [-0.25, -0.2) is 0 Å². The standard InChI is InChI=1S/C16H24N4O2/c1-16(2,3)20-13(9-12(19-20)10-6-7-10)15(22)18-11-5-4-8-17-14(11)21/h9-11H,4-8H2,1-3H3,(H,17,21)(H,18,22)/t11-/m1/s1. The summed E-state index contributed by atoms with van der Waals surface area (Å²) in [5.41, 5.74) is 1.27. The smallest absolute Gasteiger partial charge is 0.270 e. The number of amides is 2. The molecular formula is C16H24N4O2. The maximum absolute atomic E-state index is 12.6. The highest BCUT2D eigenvalue weighted by molar-refractivity contribution is 5.96. The molecule has 0 unspecified atom stereocenters. The van der Waals surface area contributed by atoms with Gasteiger partial charge in [-0.2, -0.15) is 5.10 Å². The SMILES string of the molecule is CC(C)(C)n1nc(C2CC2)cc1C(=O)N[C@@H]1CCCNC1=O. The first-order valence-electron chi connectivity index (χ1n) is 8.05. The number of rotatable bonds is 3. The number of nitrogens with one attached hydrogen (secondary N) is 2. The molecule has 22 heavy (non-hydrogen) atoms. The highest BCUT2D eigenvalue weighted by Gasteiger charge is 2.32. The van der Waals surface area contributed by atoms with E-state index in [0.29, 0.717) is 24.6 Å². The van der Waals surface area contributed by atoms with Crippen LogP contribution in [0.25, 0.3) is 0 Å². The molecule has 1 aliphatic carbocycles. The summed E-state index contributed by atoms with van der Waals surface area (Å²) < 4.78 is 1.79. The first-order chi connectivity index (χ1) is 10.4. The third kappa shape index (κ3) is 3.00. The summed E-state index contributed by atoms with van der Waals surface area (Å²) >= 11 is 0. The van der Waals surface area contributed by atoms with E-state index in [0.717, 1.165) is 25.0 Å². The normalized spacial score (nSPS) is 22.3. The Hall–Kier alpha value is -1.85. The van der Waals surface area contributed by atoms with E-state index in [4.69, 9.17) is 0 Å². The number of aromatic nitrogens is 2. The van der Waals surface area contributed by atoms with E-state index in [-0.39, 0.29) is 17.4 Å². The van der Waals surface area contributed by atoms with Gasteiger partial charge in [0.25, 0.3) is 5.91 Å². The van der Waals surface area contributed by atoms with Gasteiger partial charge >= 0.3 is 0 Å². The fourth-order valence-corrected chi connectivity index (χ4v) is 2.79. The topological polar surface area (TPSA) is 76.0 Å². The van der Waals surface area contributed by atoms with Gasteiger partial charge in [0.1, 0.15) is 11.7 Å². The molecule has 1 aromatic rings. The van der Waals surface area contributed by atoms with Crippen LogP contribution in [0.4, 0.5) is 0 Å². The molecule has 2 aliphatic rings. The van der Waals surface area contributed by atoms with Gasteiger partial charge in [-0.3, -0.25) is 14.3 Å². The Bertz CT molecular complexity index is 596. The van der Waals surface area contributed by atoms with Gasteiger partial charge in [-0.1, -0.05) is 0 Å². The average Bonchev–Trinajstić information content (AvgIpc) is 3.18. The molecule has 1 saturated heterocycles. The number of piperidine rings is 1. The van der Waals surface area contributed by atoms with E-state index in [9.17, 15) is 9.59 Å². The largest absolute Gasteiger partial charge is 0.354 e. The van der Waals surface area contributed by atoms with Crippen LogP contribution in [0.15, 0.2) is 6.07 Å². The Morgan fingerprint density at radius 2 is 2.09 bits per heavy atom. The number of nitrogens with zero attached hydrogens (tertiary/aromatic N) is 2. The monoisotopic (exact) mass is 304 g/mol. The van der Waals surface area contributed by atoms with Crippen molar-refractivity contribution in [1.82, 2.24) is 20.4 Å². The Labute approximate surface area is 130 Å². The third-order valence-electron chi connectivity index (χ3n) is 4.18. The number of carbonyl (C=O) groups excluding carboxylic acids is 2. The van der Waals surface area contributed by atoms with Crippen molar-refractivity contribution in [3.8, 4) is 0 Å². The molecule has 2 fully saturated rings. The van der Waals surface area contributed by atoms with Crippen molar-refractivity contribution in [3.63, 3.8) is 0 Å². The Morgan fingerprint density at radius 1 is 1.36 bits per heavy atom. The molecule has 0 radical (unpaired) electrons. The van der Waals surface area contributed by atoms with Gasteiger partial charge in [0.2, 0.25) is 5.91 Å². The summed E-state index contributed by atoms with van der Waals surface area (Å²) in [6, 6.07) is 1.45. The molecule has 1 aromatic heterocycles. The summed E-state index contributed by atoms with van der Waals surface area (Å²) in [7, 11) is 0. The van der Waals surface area contributed by atoms with Crippen molar-refractivity contribution < 1.29 is 9.59 Å². The van der Waals surface area contributed by atoms with Gasteiger partial charge in [0, 0.05) is 12.5 Å². The zero-order valence-electron chi connectivity index (χ0n) is 13.5. The second kappa shape index (κ2) is 5.41. The van der Waals surface area contributed by atoms with Crippen LogP contribution < -0.4 is 10.6 Å². The summed E-state index contributed by atoms with van der Waals surface area (Å²) in [5, 5.41) is 10.3. The van der Waals surface area contributed by atoms with E-state index in [1.807, 2.05) is 26.8 Å². The highest BCUT2D eigenvalue weighted by atomic mass is 16.2. The van der Waals surface area contributed by atoms with Crippen LogP contribution in [-0.4, -0.2) is 34.2 Å². The van der Waals surface area contributed by atoms with Crippen LogP contribution in [0.2, 0.25) is 0 Å². The molecule has 0 aromatic carbocycles.